The van der Waals surface area contributed by atoms with Crippen molar-refractivity contribution in [3.63, 3.8) is 0 Å². The van der Waals surface area contributed by atoms with E-state index >= 15 is 0 Å². The number of hydrogen-bond donors (Lipinski definition) is 2. The molecule has 2 rings (SSSR count). The van der Waals surface area contributed by atoms with Crippen LogP contribution in [0.2, 0.25) is 0 Å². The summed E-state index contributed by atoms with van der Waals surface area (Å²) in [5.41, 5.74) is 0. The Bertz CT molecular complexity index is 323. The normalized spacial score (nSPS) is 7.50. The van der Waals surface area contributed by atoms with Crippen LogP contribution in [0.15, 0.2) is 60.7 Å². The zero-order valence-electron chi connectivity index (χ0n) is 11.7. The minimum Gasteiger partial charge on any atom is -1.00 e. The van der Waals surface area contributed by atoms with E-state index in [1.165, 1.54) is 0 Å². The molecule has 2 nitrogen and oxygen atoms in total. The predicted octanol–water partition coefficient (Wildman–Crippen LogP) is -2.98. The second-order valence-electron chi connectivity index (χ2n) is 2.67. The van der Waals surface area contributed by atoms with E-state index in [1.807, 2.05) is 12.1 Å². The van der Waals surface area contributed by atoms with Gasteiger partial charge in [0.1, 0.15) is 11.5 Å². The molecule has 2 aromatic rings. The van der Waals surface area contributed by atoms with E-state index in [9.17, 15) is 0 Å². The molecular weight excluding hydrogens is 190 g/mol. The van der Waals surface area contributed by atoms with Crippen molar-refractivity contribution < 1.29 is 50.8 Å². The monoisotopic (exact) mass is 204 g/mol. The molecule has 0 saturated carbocycles. The molecule has 2 aromatic carbocycles. The topological polar surface area (TPSA) is 40.5 Å². The first-order valence-corrected chi connectivity index (χ1v) is 4.27. The van der Waals surface area contributed by atoms with Gasteiger partial charge in [0.05, 0.1) is 0 Å². The SMILES string of the molecule is Oc1ccccc1.Oc1ccccc1.[H-].[H-].[Li+].[Li+]. The Morgan fingerprint density at radius 2 is 0.812 bits per heavy atom. The van der Waals surface area contributed by atoms with Crippen LogP contribution in [0, 0.1) is 0 Å². The third kappa shape index (κ3) is 8.54. The predicted molar refractivity (Wildman–Crippen MR) is 58.4 cm³/mol. The minimum absolute atomic E-state index is 0. The Labute approximate surface area is 123 Å². The first-order valence-electron chi connectivity index (χ1n) is 4.27. The van der Waals surface area contributed by atoms with Gasteiger partial charge >= 0.3 is 37.7 Å². The molecule has 0 aromatic heterocycles. The van der Waals surface area contributed by atoms with Gasteiger partial charge in [-0.25, -0.2) is 0 Å². The average Bonchev–Trinajstić information content (AvgIpc) is 2.21. The summed E-state index contributed by atoms with van der Waals surface area (Å²) in [7, 11) is 0. The largest absolute Gasteiger partial charge is 1.00 e. The van der Waals surface area contributed by atoms with Crippen LogP contribution in [-0.4, -0.2) is 10.2 Å². The number of phenolic OH excluding ortho intramolecular Hbond substituents is 2. The van der Waals surface area contributed by atoms with Crippen LogP contribution in [0.25, 0.3) is 0 Å². The third-order valence-corrected chi connectivity index (χ3v) is 1.51. The molecule has 2 N–H and O–H groups in total. The van der Waals surface area contributed by atoms with E-state index in [1.54, 1.807) is 48.5 Å². The van der Waals surface area contributed by atoms with Crippen LogP contribution in [-0.2, 0) is 0 Å². The summed E-state index contributed by atoms with van der Waals surface area (Å²) in [6, 6.07) is 17.4. The molecule has 0 radical (unpaired) electrons. The summed E-state index contributed by atoms with van der Waals surface area (Å²) in [5, 5.41) is 17.3. The molecular formula is C12H14Li2O2. The number of rotatable bonds is 0. The van der Waals surface area contributed by atoms with Crippen molar-refractivity contribution in [2.24, 2.45) is 0 Å². The van der Waals surface area contributed by atoms with Crippen molar-refractivity contribution in [3.8, 4) is 11.5 Å². The maximum absolute atomic E-state index is 8.63. The minimum atomic E-state index is 0. The van der Waals surface area contributed by atoms with Gasteiger partial charge in [-0.2, -0.15) is 0 Å². The zero-order valence-corrected chi connectivity index (χ0v) is 9.67. The molecule has 0 spiro atoms. The van der Waals surface area contributed by atoms with Crippen LogP contribution in [0.3, 0.4) is 0 Å². The Morgan fingerprint density at radius 1 is 0.562 bits per heavy atom. The van der Waals surface area contributed by atoms with Gasteiger partial charge in [0, 0.05) is 0 Å². The molecule has 0 atom stereocenters. The van der Waals surface area contributed by atoms with E-state index < -0.39 is 0 Å². The van der Waals surface area contributed by atoms with Gasteiger partial charge in [0.2, 0.25) is 0 Å². The zero-order chi connectivity index (χ0) is 10.2. The first kappa shape index (κ1) is 17.6. The molecule has 0 saturated heterocycles. The van der Waals surface area contributed by atoms with Crippen molar-refractivity contribution >= 4 is 0 Å². The molecule has 0 unspecified atom stereocenters. The van der Waals surface area contributed by atoms with Crippen LogP contribution in [0.5, 0.6) is 11.5 Å². The summed E-state index contributed by atoms with van der Waals surface area (Å²) in [6.07, 6.45) is 0. The fraction of sp³-hybridized carbons (Fsp3) is 0. The Hall–Kier alpha value is -0.765. The van der Waals surface area contributed by atoms with Crippen molar-refractivity contribution in [2.45, 2.75) is 0 Å². The molecule has 0 aliphatic carbocycles. The van der Waals surface area contributed by atoms with E-state index in [0.29, 0.717) is 11.5 Å². The van der Waals surface area contributed by atoms with Crippen LogP contribution < -0.4 is 37.7 Å². The summed E-state index contributed by atoms with van der Waals surface area (Å²) in [6.45, 7) is 0. The van der Waals surface area contributed by atoms with Crippen molar-refractivity contribution in [1.82, 2.24) is 0 Å². The Balaban J connectivity index is -0.0000000891. The number of hydrogen-bond acceptors (Lipinski definition) is 2. The van der Waals surface area contributed by atoms with Crippen LogP contribution in [0.4, 0.5) is 0 Å². The van der Waals surface area contributed by atoms with Gasteiger partial charge < -0.3 is 13.1 Å². The van der Waals surface area contributed by atoms with Gasteiger partial charge in [-0.05, 0) is 24.3 Å². The number of aromatic hydroxyl groups is 2. The van der Waals surface area contributed by atoms with Gasteiger partial charge in [0.15, 0.2) is 0 Å². The first-order chi connectivity index (χ1) is 6.79. The molecule has 16 heavy (non-hydrogen) atoms. The maximum atomic E-state index is 8.63. The van der Waals surface area contributed by atoms with E-state index in [2.05, 4.69) is 0 Å². The molecule has 76 valence electrons. The van der Waals surface area contributed by atoms with Crippen molar-refractivity contribution in [1.29, 1.82) is 0 Å². The number of benzene rings is 2. The van der Waals surface area contributed by atoms with Gasteiger partial charge in [-0.15, -0.1) is 0 Å². The van der Waals surface area contributed by atoms with Gasteiger partial charge in [0.25, 0.3) is 0 Å². The fourth-order valence-electron chi connectivity index (χ4n) is 0.856. The van der Waals surface area contributed by atoms with E-state index in [-0.39, 0.29) is 40.6 Å². The third-order valence-electron chi connectivity index (χ3n) is 1.51. The molecule has 0 amide bonds. The summed E-state index contributed by atoms with van der Waals surface area (Å²) >= 11 is 0. The molecule has 0 fully saturated rings. The number of para-hydroxylation sites is 2. The Kier molecular flexibility index (Phi) is 11.8. The smallest absolute Gasteiger partial charge is 1.00 e. The standard InChI is InChI=1S/2C6H6O.2Li.2H/c2*7-6-4-2-1-3-5-6;;;;/h2*1-5,7H;;;;/q;;2*+1;2*-1. The number of phenols is 2. The molecule has 0 heterocycles. The summed E-state index contributed by atoms with van der Waals surface area (Å²) < 4.78 is 0. The van der Waals surface area contributed by atoms with Crippen molar-refractivity contribution in [3.05, 3.63) is 60.7 Å². The van der Waals surface area contributed by atoms with Crippen LogP contribution in [0.1, 0.15) is 2.85 Å². The Morgan fingerprint density at radius 3 is 0.938 bits per heavy atom. The van der Waals surface area contributed by atoms with E-state index in [0.717, 1.165) is 0 Å². The average molecular weight is 204 g/mol. The fourth-order valence-corrected chi connectivity index (χ4v) is 0.856. The molecule has 0 bridgehead atoms. The molecule has 0 aliphatic rings. The summed E-state index contributed by atoms with van der Waals surface area (Å²) in [4.78, 5) is 0. The van der Waals surface area contributed by atoms with Crippen molar-refractivity contribution in [2.75, 3.05) is 0 Å². The van der Waals surface area contributed by atoms with Gasteiger partial charge in [-0.1, -0.05) is 36.4 Å². The van der Waals surface area contributed by atoms with Crippen LogP contribution >= 0.6 is 0 Å². The summed E-state index contributed by atoms with van der Waals surface area (Å²) in [5.74, 6) is 0.644. The quantitative estimate of drug-likeness (QED) is 0.449. The van der Waals surface area contributed by atoms with Gasteiger partial charge in [-0.3, -0.25) is 0 Å². The second kappa shape index (κ2) is 10.7. The second-order valence-corrected chi connectivity index (χ2v) is 2.67. The molecule has 4 heteroatoms. The maximum Gasteiger partial charge on any atom is 1.00 e. The van der Waals surface area contributed by atoms with E-state index in [4.69, 9.17) is 10.2 Å². The molecule has 0 aliphatic heterocycles.